The summed E-state index contributed by atoms with van der Waals surface area (Å²) in [5.41, 5.74) is 0.836. The molecule has 2 N–H and O–H groups in total. The number of nitrogens with one attached hydrogen (secondary N) is 1. The number of aromatic nitrogens is 1. The van der Waals surface area contributed by atoms with Crippen LogP contribution in [0.5, 0.6) is 0 Å². The Morgan fingerprint density at radius 2 is 2.16 bits per heavy atom. The summed E-state index contributed by atoms with van der Waals surface area (Å²) in [5, 5.41) is 12.2. The molecule has 5 heteroatoms. The summed E-state index contributed by atoms with van der Waals surface area (Å²) < 4.78 is 0. The molecule has 0 bridgehead atoms. The Bertz CT molecular complexity index is 380. The van der Waals surface area contributed by atoms with Crippen LogP contribution >= 0.6 is 0 Å². The molecule has 0 aromatic carbocycles. The number of aliphatic hydroxyl groups excluding tert-OH is 1. The van der Waals surface area contributed by atoms with Crippen LogP contribution in [0, 0.1) is 0 Å². The van der Waals surface area contributed by atoms with Gasteiger partial charge in [-0.1, -0.05) is 6.07 Å². The fourth-order valence-electron chi connectivity index (χ4n) is 1.73. The Labute approximate surface area is 114 Å². The van der Waals surface area contributed by atoms with E-state index < -0.39 is 6.10 Å². The van der Waals surface area contributed by atoms with Gasteiger partial charge in [0, 0.05) is 18.8 Å². The zero-order chi connectivity index (χ0) is 14.3. The Hall–Kier alpha value is -1.46. The molecule has 5 nitrogen and oxygen atoms in total. The minimum Gasteiger partial charge on any atom is -0.392 e. The van der Waals surface area contributed by atoms with E-state index >= 15 is 0 Å². The third kappa shape index (κ3) is 6.31. The highest BCUT2D eigenvalue weighted by molar-refractivity contribution is 5.78. The van der Waals surface area contributed by atoms with Crippen molar-refractivity contribution in [3.8, 4) is 0 Å². The number of hydrogen-bond donors (Lipinski definition) is 2. The van der Waals surface area contributed by atoms with Crippen molar-refractivity contribution >= 4 is 5.91 Å². The summed E-state index contributed by atoms with van der Waals surface area (Å²) in [4.78, 5) is 17.9. The van der Waals surface area contributed by atoms with Crippen LogP contribution in [-0.2, 0) is 11.3 Å². The molecule has 0 spiro atoms. The van der Waals surface area contributed by atoms with E-state index in [2.05, 4.69) is 10.3 Å². The fourth-order valence-corrected chi connectivity index (χ4v) is 1.73. The fraction of sp³-hybridized carbons (Fsp3) is 0.571. The second kappa shape index (κ2) is 7.86. The Kier molecular flexibility index (Phi) is 6.45. The zero-order valence-corrected chi connectivity index (χ0v) is 11.8. The summed E-state index contributed by atoms with van der Waals surface area (Å²) in [6, 6.07) is 5.82. The van der Waals surface area contributed by atoms with Crippen molar-refractivity contribution in [2.24, 2.45) is 0 Å². The molecule has 0 saturated carbocycles. The van der Waals surface area contributed by atoms with Crippen molar-refractivity contribution < 1.29 is 9.90 Å². The highest BCUT2D eigenvalue weighted by Crippen LogP contribution is 2.00. The first-order valence-corrected chi connectivity index (χ1v) is 6.57. The van der Waals surface area contributed by atoms with Crippen molar-refractivity contribution in [3.63, 3.8) is 0 Å². The van der Waals surface area contributed by atoms with Gasteiger partial charge >= 0.3 is 0 Å². The van der Waals surface area contributed by atoms with Gasteiger partial charge in [0.2, 0.25) is 5.91 Å². The van der Waals surface area contributed by atoms with Crippen molar-refractivity contribution in [2.75, 3.05) is 13.1 Å². The van der Waals surface area contributed by atoms with E-state index in [9.17, 15) is 9.90 Å². The van der Waals surface area contributed by atoms with Crippen molar-refractivity contribution in [2.45, 2.75) is 39.5 Å². The van der Waals surface area contributed by atoms with Gasteiger partial charge in [-0.3, -0.25) is 14.7 Å². The largest absolute Gasteiger partial charge is 0.392 e. The molecule has 0 saturated heterocycles. The van der Waals surface area contributed by atoms with Gasteiger partial charge in [-0.2, -0.15) is 0 Å². The highest BCUT2D eigenvalue weighted by Gasteiger charge is 2.15. The van der Waals surface area contributed by atoms with Crippen molar-refractivity contribution in [3.05, 3.63) is 30.1 Å². The maximum Gasteiger partial charge on any atom is 0.234 e. The molecule has 1 rings (SSSR count). The molecule has 1 aromatic rings. The number of carbonyl (C=O) groups excluding carboxylic acids is 1. The Balaban J connectivity index is 2.40. The Morgan fingerprint density at radius 3 is 2.68 bits per heavy atom. The average molecular weight is 265 g/mol. The number of rotatable bonds is 7. The minimum absolute atomic E-state index is 0.0556. The van der Waals surface area contributed by atoms with Gasteiger partial charge in [-0.25, -0.2) is 0 Å². The van der Waals surface area contributed by atoms with Gasteiger partial charge in [0.25, 0.3) is 0 Å². The molecule has 19 heavy (non-hydrogen) atoms. The summed E-state index contributed by atoms with van der Waals surface area (Å²) in [5.74, 6) is -0.0556. The summed E-state index contributed by atoms with van der Waals surface area (Å²) in [7, 11) is 0. The average Bonchev–Trinajstić information content (AvgIpc) is 2.36. The lowest BCUT2D eigenvalue weighted by Gasteiger charge is -2.26. The van der Waals surface area contributed by atoms with Crippen LogP contribution < -0.4 is 5.32 Å². The SMILES string of the molecule is CC(C)N(CC(=O)NCc1ccccn1)C[C@H](C)O. The third-order valence-electron chi connectivity index (χ3n) is 2.77. The predicted octanol–water partition coefficient (Wildman–Crippen LogP) is 0.789. The molecule has 106 valence electrons. The molecule has 0 fully saturated rings. The van der Waals surface area contributed by atoms with E-state index in [1.54, 1.807) is 13.1 Å². The minimum atomic E-state index is -0.439. The molecule has 0 aliphatic carbocycles. The van der Waals surface area contributed by atoms with Crippen LogP contribution in [0.2, 0.25) is 0 Å². The maximum atomic E-state index is 11.9. The lowest BCUT2D eigenvalue weighted by molar-refractivity contribution is -0.123. The first kappa shape index (κ1) is 15.6. The van der Waals surface area contributed by atoms with E-state index in [4.69, 9.17) is 0 Å². The predicted molar refractivity (Wildman–Crippen MR) is 74.5 cm³/mol. The maximum absolute atomic E-state index is 11.9. The van der Waals surface area contributed by atoms with Crippen molar-refractivity contribution in [1.29, 1.82) is 0 Å². The number of nitrogens with zero attached hydrogens (tertiary/aromatic N) is 2. The molecule has 1 heterocycles. The van der Waals surface area contributed by atoms with E-state index in [-0.39, 0.29) is 18.5 Å². The van der Waals surface area contributed by atoms with Gasteiger partial charge in [-0.15, -0.1) is 0 Å². The number of hydrogen-bond acceptors (Lipinski definition) is 4. The van der Waals surface area contributed by atoms with Gasteiger partial charge < -0.3 is 10.4 Å². The number of amides is 1. The van der Waals surface area contributed by atoms with Crippen LogP contribution in [0.25, 0.3) is 0 Å². The standard InChI is InChI=1S/C14H23N3O2/c1-11(2)17(9-12(3)18)10-14(19)16-8-13-6-4-5-7-15-13/h4-7,11-12,18H,8-10H2,1-3H3,(H,16,19)/t12-/m0/s1. The summed E-state index contributed by atoms with van der Waals surface area (Å²) in [6.45, 7) is 6.95. The van der Waals surface area contributed by atoms with Crippen LogP contribution in [0.15, 0.2) is 24.4 Å². The molecule has 1 aromatic heterocycles. The second-order valence-corrected chi connectivity index (χ2v) is 4.97. The van der Waals surface area contributed by atoms with E-state index in [0.29, 0.717) is 13.1 Å². The number of carbonyl (C=O) groups is 1. The molecule has 0 unspecified atom stereocenters. The molecular formula is C14H23N3O2. The summed E-state index contributed by atoms with van der Waals surface area (Å²) >= 11 is 0. The smallest absolute Gasteiger partial charge is 0.234 e. The topological polar surface area (TPSA) is 65.5 Å². The van der Waals surface area contributed by atoms with Crippen LogP contribution in [-0.4, -0.2) is 46.1 Å². The lowest BCUT2D eigenvalue weighted by Crippen LogP contribution is -2.43. The first-order valence-electron chi connectivity index (χ1n) is 6.57. The van der Waals surface area contributed by atoms with E-state index in [1.807, 2.05) is 36.9 Å². The zero-order valence-electron chi connectivity index (χ0n) is 11.8. The van der Waals surface area contributed by atoms with E-state index in [1.165, 1.54) is 0 Å². The highest BCUT2D eigenvalue weighted by atomic mass is 16.3. The van der Waals surface area contributed by atoms with Crippen molar-refractivity contribution in [1.82, 2.24) is 15.2 Å². The first-order chi connectivity index (χ1) is 8.99. The lowest BCUT2D eigenvalue weighted by atomic mass is 10.2. The van der Waals surface area contributed by atoms with Gasteiger partial charge in [0.1, 0.15) is 0 Å². The third-order valence-corrected chi connectivity index (χ3v) is 2.77. The number of aliphatic hydroxyl groups is 1. The second-order valence-electron chi connectivity index (χ2n) is 4.97. The van der Waals surface area contributed by atoms with Gasteiger partial charge in [0.05, 0.1) is 24.9 Å². The van der Waals surface area contributed by atoms with Gasteiger partial charge in [0.15, 0.2) is 0 Å². The molecular weight excluding hydrogens is 242 g/mol. The van der Waals surface area contributed by atoms with Gasteiger partial charge in [-0.05, 0) is 32.9 Å². The van der Waals surface area contributed by atoms with Crippen LogP contribution in [0.1, 0.15) is 26.5 Å². The van der Waals surface area contributed by atoms with Crippen LogP contribution in [0.3, 0.4) is 0 Å². The Morgan fingerprint density at radius 1 is 1.42 bits per heavy atom. The molecule has 0 aliphatic heterocycles. The van der Waals surface area contributed by atoms with E-state index in [0.717, 1.165) is 5.69 Å². The summed E-state index contributed by atoms with van der Waals surface area (Å²) in [6.07, 6.45) is 1.26. The molecule has 0 radical (unpaired) electrons. The molecule has 1 atom stereocenters. The monoisotopic (exact) mass is 265 g/mol. The molecule has 0 aliphatic rings. The quantitative estimate of drug-likeness (QED) is 0.765. The normalized spacial score (nSPS) is 12.7. The van der Waals surface area contributed by atoms with Crippen LogP contribution in [0.4, 0.5) is 0 Å². The molecule has 1 amide bonds. The number of pyridine rings is 1.